The van der Waals surface area contributed by atoms with Gasteiger partial charge in [0.2, 0.25) is 10.0 Å². The molecule has 0 fully saturated rings. The van der Waals surface area contributed by atoms with Crippen molar-refractivity contribution in [3.8, 4) is 5.75 Å². The molecule has 7 nitrogen and oxygen atoms in total. The van der Waals surface area contributed by atoms with Crippen LogP contribution < -0.4 is 15.1 Å². The smallest absolute Gasteiger partial charge is 0.339 e. The van der Waals surface area contributed by atoms with E-state index in [1.54, 1.807) is 24.3 Å². The van der Waals surface area contributed by atoms with E-state index in [9.17, 15) is 18.0 Å². The van der Waals surface area contributed by atoms with Crippen LogP contribution in [-0.4, -0.2) is 20.4 Å². The molecule has 0 unspecified atom stereocenters. The lowest BCUT2D eigenvalue weighted by Gasteiger charge is -2.21. The number of fused-ring (bicyclic) bond motifs is 3. The molecule has 1 aliphatic carbocycles. The minimum absolute atomic E-state index is 0.0609. The van der Waals surface area contributed by atoms with E-state index in [1.165, 1.54) is 12.1 Å². The summed E-state index contributed by atoms with van der Waals surface area (Å²) in [6.07, 6.45) is 3.20. The molecule has 0 bridgehead atoms. The summed E-state index contributed by atoms with van der Waals surface area (Å²) in [5.74, 6) is -0.480. The van der Waals surface area contributed by atoms with Gasteiger partial charge in [0.15, 0.2) is 0 Å². The van der Waals surface area contributed by atoms with Crippen molar-refractivity contribution in [3.63, 3.8) is 0 Å². The fourth-order valence-corrected chi connectivity index (χ4v) is 6.11. The lowest BCUT2D eigenvalue weighted by molar-refractivity contribution is -0.136. The van der Waals surface area contributed by atoms with E-state index in [0.717, 1.165) is 35.1 Å². The minimum atomic E-state index is -4.01. The van der Waals surface area contributed by atoms with Gasteiger partial charge >= 0.3 is 11.6 Å². The number of carbonyl (C=O) groups is 1. The van der Waals surface area contributed by atoms with E-state index in [1.807, 2.05) is 44.2 Å². The van der Waals surface area contributed by atoms with Gasteiger partial charge in [0, 0.05) is 5.56 Å². The molecule has 1 aromatic heterocycles. The number of hydrogen-bond acceptors (Lipinski definition) is 6. The van der Waals surface area contributed by atoms with Crippen LogP contribution in [-0.2, 0) is 34.1 Å². The molecule has 0 saturated carbocycles. The lowest BCUT2D eigenvalue weighted by atomic mass is 9.90. The topological polar surface area (TPSA) is 103 Å². The second-order valence-corrected chi connectivity index (χ2v) is 11.5. The predicted octanol–water partition coefficient (Wildman–Crippen LogP) is 4.78. The first-order chi connectivity index (χ1) is 18.2. The summed E-state index contributed by atoms with van der Waals surface area (Å²) in [6, 6.07) is 17.9. The third-order valence-electron chi connectivity index (χ3n) is 6.84. The lowest BCUT2D eigenvalue weighted by Crippen LogP contribution is -2.44. The van der Waals surface area contributed by atoms with E-state index in [0.29, 0.717) is 29.4 Å². The van der Waals surface area contributed by atoms with Crippen molar-refractivity contribution in [2.75, 3.05) is 0 Å². The molecule has 3 aromatic carbocycles. The van der Waals surface area contributed by atoms with Crippen molar-refractivity contribution >= 4 is 27.0 Å². The maximum Gasteiger partial charge on any atom is 0.339 e. The predicted molar refractivity (Wildman–Crippen MR) is 145 cm³/mol. The fraction of sp³-hybridized carbons (Fsp3) is 0.267. The van der Waals surface area contributed by atoms with Gasteiger partial charge < -0.3 is 9.15 Å². The Balaban J connectivity index is 1.53. The van der Waals surface area contributed by atoms with E-state index in [2.05, 4.69) is 4.72 Å². The van der Waals surface area contributed by atoms with Crippen molar-refractivity contribution in [1.29, 1.82) is 0 Å². The van der Waals surface area contributed by atoms with E-state index < -0.39 is 22.0 Å². The molecule has 0 amide bonds. The largest absolute Gasteiger partial charge is 0.425 e. The van der Waals surface area contributed by atoms with Gasteiger partial charge in [-0.15, -0.1) is 0 Å². The number of esters is 1. The number of hydrogen-bond donors (Lipinski definition) is 1. The Bertz CT molecular complexity index is 1660. The summed E-state index contributed by atoms with van der Waals surface area (Å²) in [5.41, 5.74) is 3.90. The summed E-state index contributed by atoms with van der Waals surface area (Å²) in [4.78, 5) is 26.3. The molecule has 0 aliphatic heterocycles. The molecule has 0 saturated heterocycles. The molecule has 38 heavy (non-hydrogen) atoms. The first-order valence-electron chi connectivity index (χ1n) is 12.6. The van der Waals surface area contributed by atoms with Crippen LogP contribution in [0.5, 0.6) is 5.75 Å². The molecule has 4 aromatic rings. The third kappa shape index (κ3) is 5.42. The van der Waals surface area contributed by atoms with Crippen LogP contribution in [0.2, 0.25) is 0 Å². The number of sulfonamides is 1. The summed E-state index contributed by atoms with van der Waals surface area (Å²) in [7, 11) is -4.01. The van der Waals surface area contributed by atoms with Crippen LogP contribution in [0.4, 0.5) is 0 Å². The van der Waals surface area contributed by atoms with Crippen LogP contribution in [0.25, 0.3) is 11.0 Å². The molecular weight excluding hydrogens is 502 g/mol. The number of ether oxygens (including phenoxy) is 1. The average Bonchev–Trinajstić information content (AvgIpc) is 2.89. The number of carbonyl (C=O) groups excluding carboxylic acids is 1. The standard InChI is InChI=1S/C30H29NO6S/c1-19-12-14-22(15-13-19)38(34,35)31-25(18-21-8-4-3-5-9-21)30(33)37-27-17-20(2)16-26-28(27)23-10-6-7-11-24(23)29(32)36-26/h3-5,8-9,12-17,25,31H,6-7,10-11,18H2,1-2H3/t25-/m0/s1. The molecule has 196 valence electrons. The zero-order valence-electron chi connectivity index (χ0n) is 21.3. The molecule has 1 atom stereocenters. The van der Waals surface area contributed by atoms with Crippen molar-refractivity contribution in [3.05, 3.63) is 105 Å². The maximum absolute atomic E-state index is 13.6. The molecule has 0 radical (unpaired) electrons. The van der Waals surface area contributed by atoms with E-state index in [-0.39, 0.29) is 22.7 Å². The molecular formula is C30H29NO6S. The highest BCUT2D eigenvalue weighted by Crippen LogP contribution is 2.35. The summed E-state index contributed by atoms with van der Waals surface area (Å²) in [5, 5.41) is 0.595. The van der Waals surface area contributed by atoms with Crippen molar-refractivity contribution in [2.45, 2.75) is 56.9 Å². The first kappa shape index (κ1) is 25.9. The molecule has 1 heterocycles. The number of benzene rings is 3. The van der Waals surface area contributed by atoms with Gasteiger partial charge in [-0.2, -0.15) is 4.72 Å². The van der Waals surface area contributed by atoms with Crippen molar-refractivity contribution in [2.24, 2.45) is 0 Å². The van der Waals surface area contributed by atoms with Gasteiger partial charge in [-0.1, -0.05) is 48.0 Å². The fourth-order valence-electron chi connectivity index (χ4n) is 4.92. The highest BCUT2D eigenvalue weighted by molar-refractivity contribution is 7.89. The minimum Gasteiger partial charge on any atom is -0.425 e. The highest BCUT2D eigenvalue weighted by Gasteiger charge is 2.29. The summed E-state index contributed by atoms with van der Waals surface area (Å²) >= 11 is 0. The van der Waals surface area contributed by atoms with Crippen LogP contribution in [0.15, 0.2) is 80.8 Å². The van der Waals surface area contributed by atoms with E-state index in [4.69, 9.17) is 9.15 Å². The Morgan fingerprint density at radius 1 is 0.947 bits per heavy atom. The number of rotatable bonds is 7. The Hall–Kier alpha value is -3.75. The SMILES string of the molecule is Cc1ccc(S(=O)(=O)N[C@@H](Cc2ccccc2)C(=O)Oc2cc(C)cc3oc(=O)c4c(c23)CCCC4)cc1. The quantitative estimate of drug-likeness (QED) is 0.209. The van der Waals surface area contributed by atoms with Gasteiger partial charge in [0.25, 0.3) is 0 Å². The Morgan fingerprint density at radius 2 is 1.63 bits per heavy atom. The maximum atomic E-state index is 13.6. The van der Waals surface area contributed by atoms with E-state index >= 15 is 0 Å². The normalized spacial score (nSPS) is 14.2. The van der Waals surface area contributed by atoms with Gasteiger partial charge in [-0.25, -0.2) is 18.0 Å². The average molecular weight is 532 g/mol. The molecule has 1 N–H and O–H groups in total. The third-order valence-corrected chi connectivity index (χ3v) is 8.32. The summed E-state index contributed by atoms with van der Waals surface area (Å²) in [6.45, 7) is 3.68. The number of nitrogens with one attached hydrogen (secondary N) is 1. The molecule has 1 aliphatic rings. The zero-order valence-corrected chi connectivity index (χ0v) is 22.1. The van der Waals surface area contributed by atoms with Crippen LogP contribution in [0, 0.1) is 13.8 Å². The highest BCUT2D eigenvalue weighted by atomic mass is 32.2. The Kier molecular flexibility index (Phi) is 7.19. The van der Waals surface area contributed by atoms with Crippen LogP contribution >= 0.6 is 0 Å². The Labute approximate surface area is 221 Å². The van der Waals surface area contributed by atoms with Crippen molar-refractivity contribution < 1.29 is 22.4 Å². The van der Waals surface area contributed by atoms with Crippen LogP contribution in [0.1, 0.15) is 40.7 Å². The summed E-state index contributed by atoms with van der Waals surface area (Å²) < 4.78 is 40.5. The molecule has 0 spiro atoms. The second kappa shape index (κ2) is 10.6. The van der Waals surface area contributed by atoms with Gasteiger partial charge in [0.05, 0.1) is 10.3 Å². The monoisotopic (exact) mass is 531 g/mol. The van der Waals surface area contributed by atoms with Gasteiger partial charge in [0.1, 0.15) is 17.4 Å². The molecule has 8 heteroatoms. The first-order valence-corrected chi connectivity index (χ1v) is 14.1. The molecule has 5 rings (SSSR count). The van der Waals surface area contributed by atoms with Crippen molar-refractivity contribution in [1.82, 2.24) is 4.72 Å². The van der Waals surface area contributed by atoms with Gasteiger partial charge in [-0.05, 0) is 86.9 Å². The Morgan fingerprint density at radius 3 is 2.34 bits per heavy atom. The van der Waals surface area contributed by atoms with Crippen LogP contribution in [0.3, 0.4) is 0 Å². The second-order valence-electron chi connectivity index (χ2n) is 9.79. The van der Waals surface area contributed by atoms with Gasteiger partial charge in [-0.3, -0.25) is 0 Å². The zero-order chi connectivity index (χ0) is 26.9. The number of aryl methyl sites for hydroxylation is 3.